The van der Waals surface area contributed by atoms with Gasteiger partial charge in [-0.25, -0.2) is 4.79 Å². The lowest BCUT2D eigenvalue weighted by atomic mass is 9.75. The monoisotopic (exact) mass is 276 g/mol. The molecule has 0 aromatic heterocycles. The predicted molar refractivity (Wildman–Crippen MR) is 78.7 cm³/mol. The number of ether oxygens (including phenoxy) is 1. The number of rotatable bonds is 3. The maximum absolute atomic E-state index is 12.2. The molecule has 0 unspecified atom stereocenters. The zero-order valence-electron chi connectivity index (χ0n) is 12.5. The smallest absolute Gasteiger partial charge is 0.342 e. The fraction of sp³-hybridized carbons (Fsp3) is 0.588. The van der Waals surface area contributed by atoms with Crippen LogP contribution in [0.3, 0.4) is 0 Å². The van der Waals surface area contributed by atoms with Gasteiger partial charge in [0.05, 0.1) is 0 Å². The Kier molecular flexibility index (Phi) is 4.69. The van der Waals surface area contributed by atoms with Gasteiger partial charge in [0.1, 0.15) is 17.4 Å². The van der Waals surface area contributed by atoms with E-state index in [1.54, 1.807) is 18.2 Å². The second kappa shape index (κ2) is 6.29. The van der Waals surface area contributed by atoms with Crippen LogP contribution in [0.4, 0.5) is 0 Å². The van der Waals surface area contributed by atoms with E-state index in [1.807, 2.05) is 0 Å². The normalized spacial score (nSPS) is 26.5. The highest BCUT2D eigenvalue weighted by Crippen LogP contribution is 2.36. The summed E-state index contributed by atoms with van der Waals surface area (Å²) in [5, 5.41) is 9.74. The van der Waals surface area contributed by atoms with Crippen molar-refractivity contribution in [3.8, 4) is 5.75 Å². The molecular formula is C17H24O3. The Balaban J connectivity index is 2.10. The Morgan fingerprint density at radius 1 is 1.30 bits per heavy atom. The lowest BCUT2D eigenvalue weighted by Crippen LogP contribution is -2.35. The Labute approximate surface area is 121 Å². The van der Waals surface area contributed by atoms with Gasteiger partial charge in [0, 0.05) is 0 Å². The SMILES string of the molecule is CC(C)[C@H]1CC[C@H](C)C[C@@H]1OC(=O)c1ccccc1O. The number of hydrogen-bond acceptors (Lipinski definition) is 3. The molecule has 1 fully saturated rings. The average Bonchev–Trinajstić information content (AvgIpc) is 2.38. The van der Waals surface area contributed by atoms with Crippen molar-refractivity contribution in [2.45, 2.75) is 46.1 Å². The Morgan fingerprint density at radius 2 is 2.00 bits per heavy atom. The van der Waals surface area contributed by atoms with Crippen LogP contribution < -0.4 is 0 Å². The molecule has 1 aromatic rings. The standard InChI is InChI=1S/C17H24O3/c1-11(2)13-9-8-12(3)10-16(13)20-17(19)14-6-4-5-7-15(14)18/h4-7,11-13,16,18H,8-10H2,1-3H3/t12-,13+,16-/m0/s1. The lowest BCUT2D eigenvalue weighted by Gasteiger charge is -2.36. The first-order chi connectivity index (χ1) is 9.49. The minimum Gasteiger partial charge on any atom is -0.507 e. The summed E-state index contributed by atoms with van der Waals surface area (Å²) in [6.45, 7) is 6.57. The first-order valence-corrected chi connectivity index (χ1v) is 7.48. The number of esters is 1. The predicted octanol–water partition coefficient (Wildman–Crippen LogP) is 4.01. The molecule has 3 atom stereocenters. The number of aromatic hydroxyl groups is 1. The van der Waals surface area contributed by atoms with E-state index in [0.29, 0.717) is 17.8 Å². The van der Waals surface area contributed by atoms with Crippen molar-refractivity contribution in [1.82, 2.24) is 0 Å². The van der Waals surface area contributed by atoms with E-state index in [2.05, 4.69) is 20.8 Å². The fourth-order valence-electron chi connectivity index (χ4n) is 3.10. The van der Waals surface area contributed by atoms with E-state index in [1.165, 1.54) is 12.5 Å². The lowest BCUT2D eigenvalue weighted by molar-refractivity contribution is -0.0176. The Hall–Kier alpha value is -1.51. The van der Waals surface area contributed by atoms with Crippen LogP contribution in [-0.4, -0.2) is 17.2 Å². The van der Waals surface area contributed by atoms with Crippen molar-refractivity contribution in [3.63, 3.8) is 0 Å². The number of carbonyl (C=O) groups excluding carboxylic acids is 1. The maximum atomic E-state index is 12.2. The van der Waals surface area contributed by atoms with Crippen LogP contribution in [0.15, 0.2) is 24.3 Å². The van der Waals surface area contributed by atoms with Gasteiger partial charge < -0.3 is 9.84 Å². The number of hydrogen-bond donors (Lipinski definition) is 1. The van der Waals surface area contributed by atoms with Gasteiger partial charge >= 0.3 is 5.97 Å². The van der Waals surface area contributed by atoms with Crippen LogP contribution in [0.5, 0.6) is 5.75 Å². The van der Waals surface area contributed by atoms with Crippen molar-refractivity contribution in [2.24, 2.45) is 17.8 Å². The van der Waals surface area contributed by atoms with Gasteiger partial charge in [-0.1, -0.05) is 39.3 Å². The van der Waals surface area contributed by atoms with Crippen LogP contribution in [0.2, 0.25) is 0 Å². The molecular weight excluding hydrogens is 252 g/mol. The zero-order chi connectivity index (χ0) is 14.7. The third kappa shape index (κ3) is 3.33. The number of phenols is 1. The molecule has 3 nitrogen and oxygen atoms in total. The van der Waals surface area contributed by atoms with E-state index in [-0.39, 0.29) is 17.4 Å². The molecule has 0 bridgehead atoms. The minimum absolute atomic E-state index is 0.0116. The van der Waals surface area contributed by atoms with Crippen molar-refractivity contribution in [2.75, 3.05) is 0 Å². The summed E-state index contributed by atoms with van der Waals surface area (Å²) in [6, 6.07) is 6.56. The van der Waals surface area contributed by atoms with Crippen molar-refractivity contribution < 1.29 is 14.6 Å². The van der Waals surface area contributed by atoms with Crippen LogP contribution >= 0.6 is 0 Å². The molecule has 20 heavy (non-hydrogen) atoms. The highest BCUT2D eigenvalue weighted by Gasteiger charge is 2.33. The van der Waals surface area contributed by atoms with Gasteiger partial charge in [0.25, 0.3) is 0 Å². The summed E-state index contributed by atoms with van der Waals surface area (Å²) in [5.74, 6) is 1.09. The third-order valence-corrected chi connectivity index (χ3v) is 4.34. The molecule has 3 heteroatoms. The fourth-order valence-corrected chi connectivity index (χ4v) is 3.10. The van der Waals surface area contributed by atoms with Gasteiger partial charge in [0.2, 0.25) is 0 Å². The first-order valence-electron chi connectivity index (χ1n) is 7.48. The minimum atomic E-state index is -0.409. The molecule has 110 valence electrons. The second-order valence-electron chi connectivity index (χ2n) is 6.29. The van der Waals surface area contributed by atoms with Crippen molar-refractivity contribution >= 4 is 5.97 Å². The van der Waals surface area contributed by atoms with Crippen LogP contribution in [-0.2, 0) is 4.74 Å². The Bertz CT molecular complexity index is 467. The molecule has 0 amide bonds. The molecule has 0 aliphatic heterocycles. The van der Waals surface area contributed by atoms with Crippen LogP contribution in [0.1, 0.15) is 50.4 Å². The van der Waals surface area contributed by atoms with E-state index < -0.39 is 5.97 Å². The van der Waals surface area contributed by atoms with E-state index in [0.717, 1.165) is 12.8 Å². The summed E-state index contributed by atoms with van der Waals surface area (Å²) in [5.41, 5.74) is 0.258. The molecule has 1 aliphatic carbocycles. The van der Waals surface area contributed by atoms with E-state index >= 15 is 0 Å². The summed E-state index contributed by atoms with van der Waals surface area (Å²) >= 11 is 0. The topological polar surface area (TPSA) is 46.5 Å². The van der Waals surface area contributed by atoms with Crippen molar-refractivity contribution in [3.05, 3.63) is 29.8 Å². The third-order valence-electron chi connectivity index (χ3n) is 4.34. The molecule has 1 saturated carbocycles. The maximum Gasteiger partial charge on any atom is 0.342 e. The highest BCUT2D eigenvalue weighted by atomic mass is 16.5. The molecule has 1 N–H and O–H groups in total. The van der Waals surface area contributed by atoms with Gasteiger partial charge in [-0.3, -0.25) is 0 Å². The highest BCUT2D eigenvalue weighted by molar-refractivity contribution is 5.92. The number of phenolic OH excluding ortho intramolecular Hbond substituents is 1. The largest absolute Gasteiger partial charge is 0.507 e. The molecule has 0 heterocycles. The number of carbonyl (C=O) groups is 1. The number of benzene rings is 1. The van der Waals surface area contributed by atoms with Crippen LogP contribution in [0.25, 0.3) is 0 Å². The van der Waals surface area contributed by atoms with E-state index in [4.69, 9.17) is 4.74 Å². The van der Waals surface area contributed by atoms with Gasteiger partial charge in [-0.2, -0.15) is 0 Å². The number of para-hydroxylation sites is 1. The molecule has 2 rings (SSSR count). The van der Waals surface area contributed by atoms with Crippen LogP contribution in [0, 0.1) is 17.8 Å². The van der Waals surface area contributed by atoms with Crippen molar-refractivity contribution in [1.29, 1.82) is 0 Å². The summed E-state index contributed by atoms with van der Waals surface area (Å²) in [4.78, 5) is 12.2. The summed E-state index contributed by atoms with van der Waals surface area (Å²) in [7, 11) is 0. The molecule has 1 aliphatic rings. The van der Waals surface area contributed by atoms with Gasteiger partial charge in [-0.15, -0.1) is 0 Å². The summed E-state index contributed by atoms with van der Waals surface area (Å²) in [6.07, 6.45) is 3.19. The molecule has 0 radical (unpaired) electrons. The summed E-state index contributed by atoms with van der Waals surface area (Å²) < 4.78 is 5.70. The Morgan fingerprint density at radius 3 is 2.65 bits per heavy atom. The molecule has 0 saturated heterocycles. The van der Waals surface area contributed by atoms with E-state index in [9.17, 15) is 9.90 Å². The van der Waals surface area contributed by atoms with Gasteiger partial charge in [0.15, 0.2) is 0 Å². The second-order valence-corrected chi connectivity index (χ2v) is 6.29. The first kappa shape index (κ1) is 14.9. The average molecular weight is 276 g/mol. The molecule has 0 spiro atoms. The van der Waals surface area contributed by atoms with Gasteiger partial charge in [-0.05, 0) is 42.7 Å². The molecule has 1 aromatic carbocycles. The zero-order valence-corrected chi connectivity index (χ0v) is 12.5. The quantitative estimate of drug-likeness (QED) is 0.848.